The van der Waals surface area contributed by atoms with Crippen molar-refractivity contribution in [1.29, 1.82) is 0 Å². The lowest BCUT2D eigenvalue weighted by Crippen LogP contribution is -2.37. The molecule has 0 radical (unpaired) electrons. The Morgan fingerprint density at radius 1 is 1.19 bits per heavy atom. The Kier molecular flexibility index (Phi) is 10.5. The number of unbranched alkanes of at least 4 members (excludes halogenated alkanes) is 1. The number of aliphatic imine (C=N–C) groups is 1. The molecular weight excluding hydrogens is 455 g/mol. The van der Waals surface area contributed by atoms with Gasteiger partial charge >= 0.3 is 0 Å². The van der Waals surface area contributed by atoms with Crippen LogP contribution in [0, 0.1) is 6.92 Å². The normalized spacial score (nSPS) is 10.9. The second kappa shape index (κ2) is 12.4. The number of guanidine groups is 1. The van der Waals surface area contributed by atoms with Gasteiger partial charge in [-0.3, -0.25) is 9.79 Å². The van der Waals surface area contributed by atoms with E-state index in [1.807, 2.05) is 25.3 Å². The number of nitrogens with zero attached hydrogens (tertiary/aromatic N) is 2. The van der Waals surface area contributed by atoms with Crippen LogP contribution in [0.25, 0.3) is 0 Å². The molecule has 148 valence electrons. The molecule has 2 rings (SSSR count). The van der Waals surface area contributed by atoms with E-state index in [2.05, 4.69) is 27.8 Å². The van der Waals surface area contributed by atoms with Crippen molar-refractivity contribution < 1.29 is 4.74 Å². The minimum atomic E-state index is 0. The zero-order valence-electron chi connectivity index (χ0n) is 16.2. The second-order valence-corrected chi connectivity index (χ2v) is 6.11. The number of rotatable bonds is 8. The standard InChI is InChI=1S/C20H28N4O2.HI/c1-16-9-10-17(18(14-16)26-3)15-23-20(21-2)22-11-5-7-13-24-12-6-4-8-19(24)25;/h4,6,8-10,12,14H,5,7,11,13,15H2,1-3H3,(H2,21,22,23);1H. The number of hydrogen-bond acceptors (Lipinski definition) is 3. The number of aromatic nitrogens is 1. The molecule has 6 nitrogen and oxygen atoms in total. The molecule has 7 heteroatoms. The Morgan fingerprint density at radius 3 is 2.70 bits per heavy atom. The third-order valence-electron chi connectivity index (χ3n) is 4.13. The SMILES string of the molecule is CN=C(NCCCCn1ccccc1=O)NCc1ccc(C)cc1OC.I. The second-order valence-electron chi connectivity index (χ2n) is 6.11. The van der Waals surface area contributed by atoms with Gasteiger partial charge in [0.1, 0.15) is 5.75 Å². The number of nitrogens with one attached hydrogen (secondary N) is 2. The van der Waals surface area contributed by atoms with Gasteiger partial charge in [-0.05, 0) is 37.5 Å². The Bertz CT molecular complexity index is 790. The molecule has 27 heavy (non-hydrogen) atoms. The summed E-state index contributed by atoms with van der Waals surface area (Å²) >= 11 is 0. The Balaban J connectivity index is 0.00000364. The quantitative estimate of drug-likeness (QED) is 0.262. The van der Waals surface area contributed by atoms with Gasteiger partial charge in [0.15, 0.2) is 5.96 Å². The lowest BCUT2D eigenvalue weighted by molar-refractivity contribution is 0.408. The van der Waals surface area contributed by atoms with Crippen LogP contribution >= 0.6 is 24.0 Å². The van der Waals surface area contributed by atoms with Gasteiger partial charge in [0.25, 0.3) is 0 Å². The first-order valence-corrected chi connectivity index (χ1v) is 8.87. The summed E-state index contributed by atoms with van der Waals surface area (Å²) in [6.07, 6.45) is 3.71. The number of ether oxygens (including phenoxy) is 1. The molecule has 2 aromatic rings. The Morgan fingerprint density at radius 2 is 2.00 bits per heavy atom. The van der Waals surface area contributed by atoms with E-state index in [1.54, 1.807) is 30.9 Å². The monoisotopic (exact) mass is 484 g/mol. The fraction of sp³-hybridized carbons (Fsp3) is 0.400. The van der Waals surface area contributed by atoms with Crippen molar-refractivity contribution in [2.24, 2.45) is 4.99 Å². The fourth-order valence-corrected chi connectivity index (χ4v) is 2.66. The van der Waals surface area contributed by atoms with Crippen LogP contribution in [0.5, 0.6) is 5.75 Å². The van der Waals surface area contributed by atoms with Crippen molar-refractivity contribution in [2.45, 2.75) is 32.9 Å². The first kappa shape index (κ1) is 23.0. The zero-order chi connectivity index (χ0) is 18.8. The number of aryl methyl sites for hydroxylation is 2. The Hall–Kier alpha value is -2.03. The molecule has 0 fully saturated rings. The van der Waals surface area contributed by atoms with E-state index in [9.17, 15) is 4.79 Å². The molecule has 0 amide bonds. The number of halogens is 1. The minimum Gasteiger partial charge on any atom is -0.496 e. The summed E-state index contributed by atoms with van der Waals surface area (Å²) in [6.45, 7) is 4.21. The summed E-state index contributed by atoms with van der Waals surface area (Å²) in [5.74, 6) is 1.63. The molecule has 1 aromatic carbocycles. The molecule has 1 aromatic heterocycles. The van der Waals surface area contributed by atoms with Gasteiger partial charge in [0, 0.05) is 44.5 Å². The molecule has 0 saturated heterocycles. The predicted octanol–water partition coefficient (Wildman–Crippen LogP) is 2.93. The van der Waals surface area contributed by atoms with Gasteiger partial charge in [0.05, 0.1) is 7.11 Å². The number of methoxy groups -OCH3 is 1. The van der Waals surface area contributed by atoms with Crippen LogP contribution in [0.4, 0.5) is 0 Å². The average Bonchev–Trinajstić information content (AvgIpc) is 2.66. The third-order valence-corrected chi connectivity index (χ3v) is 4.13. The van der Waals surface area contributed by atoms with Crippen LogP contribution in [0.1, 0.15) is 24.0 Å². The van der Waals surface area contributed by atoms with Gasteiger partial charge in [-0.2, -0.15) is 0 Å². The van der Waals surface area contributed by atoms with E-state index in [-0.39, 0.29) is 29.5 Å². The molecule has 0 aliphatic carbocycles. The summed E-state index contributed by atoms with van der Waals surface area (Å²) in [7, 11) is 3.44. The highest BCUT2D eigenvalue weighted by Gasteiger charge is 2.04. The number of hydrogen-bond donors (Lipinski definition) is 2. The average molecular weight is 484 g/mol. The van der Waals surface area contributed by atoms with Crippen molar-refractivity contribution in [3.8, 4) is 5.75 Å². The smallest absolute Gasteiger partial charge is 0.250 e. The van der Waals surface area contributed by atoms with Crippen LogP contribution in [-0.4, -0.2) is 31.2 Å². The van der Waals surface area contributed by atoms with Crippen LogP contribution in [0.15, 0.2) is 52.4 Å². The Labute approximate surface area is 178 Å². The maximum Gasteiger partial charge on any atom is 0.250 e. The highest BCUT2D eigenvalue weighted by Crippen LogP contribution is 2.19. The van der Waals surface area contributed by atoms with Gasteiger partial charge in [-0.1, -0.05) is 18.2 Å². The molecule has 0 spiro atoms. The van der Waals surface area contributed by atoms with Crippen LogP contribution in [-0.2, 0) is 13.1 Å². The molecule has 0 aliphatic rings. The van der Waals surface area contributed by atoms with Crippen molar-refractivity contribution in [2.75, 3.05) is 20.7 Å². The van der Waals surface area contributed by atoms with E-state index in [0.717, 1.165) is 43.2 Å². The molecule has 0 saturated carbocycles. The van der Waals surface area contributed by atoms with E-state index < -0.39 is 0 Å². The molecule has 1 heterocycles. The topological polar surface area (TPSA) is 67.7 Å². The van der Waals surface area contributed by atoms with Crippen molar-refractivity contribution in [3.05, 3.63) is 64.1 Å². The lowest BCUT2D eigenvalue weighted by Gasteiger charge is -2.14. The van der Waals surface area contributed by atoms with Crippen molar-refractivity contribution in [1.82, 2.24) is 15.2 Å². The van der Waals surface area contributed by atoms with Crippen LogP contribution in [0.3, 0.4) is 0 Å². The summed E-state index contributed by atoms with van der Waals surface area (Å²) in [5, 5.41) is 6.60. The molecular formula is C20H29IN4O2. The van der Waals surface area contributed by atoms with E-state index in [1.165, 1.54) is 5.56 Å². The number of pyridine rings is 1. The maximum atomic E-state index is 11.6. The minimum absolute atomic E-state index is 0. The van der Waals surface area contributed by atoms with Gasteiger partial charge in [-0.25, -0.2) is 0 Å². The molecule has 2 N–H and O–H groups in total. The molecule has 0 aliphatic heterocycles. The summed E-state index contributed by atoms with van der Waals surface area (Å²) in [6, 6.07) is 11.4. The first-order chi connectivity index (χ1) is 12.6. The lowest BCUT2D eigenvalue weighted by atomic mass is 10.1. The van der Waals surface area contributed by atoms with E-state index >= 15 is 0 Å². The summed E-state index contributed by atoms with van der Waals surface area (Å²) in [4.78, 5) is 15.9. The van der Waals surface area contributed by atoms with Gasteiger partial charge in [-0.15, -0.1) is 24.0 Å². The number of benzene rings is 1. The van der Waals surface area contributed by atoms with Crippen LogP contribution in [0.2, 0.25) is 0 Å². The van der Waals surface area contributed by atoms with E-state index in [0.29, 0.717) is 6.54 Å². The highest BCUT2D eigenvalue weighted by atomic mass is 127. The third kappa shape index (κ3) is 7.62. The van der Waals surface area contributed by atoms with Crippen molar-refractivity contribution >= 4 is 29.9 Å². The zero-order valence-corrected chi connectivity index (χ0v) is 18.5. The molecule has 0 atom stereocenters. The predicted molar refractivity (Wildman–Crippen MR) is 121 cm³/mol. The fourth-order valence-electron chi connectivity index (χ4n) is 2.66. The molecule has 0 bridgehead atoms. The molecule has 0 unspecified atom stereocenters. The first-order valence-electron chi connectivity index (χ1n) is 8.87. The van der Waals surface area contributed by atoms with E-state index in [4.69, 9.17) is 4.74 Å². The maximum absolute atomic E-state index is 11.6. The van der Waals surface area contributed by atoms with Crippen molar-refractivity contribution in [3.63, 3.8) is 0 Å². The van der Waals surface area contributed by atoms with Gasteiger partial charge < -0.3 is 19.9 Å². The van der Waals surface area contributed by atoms with Gasteiger partial charge in [0.2, 0.25) is 5.56 Å². The highest BCUT2D eigenvalue weighted by molar-refractivity contribution is 14.0. The largest absolute Gasteiger partial charge is 0.496 e. The summed E-state index contributed by atoms with van der Waals surface area (Å²) < 4.78 is 7.16. The summed E-state index contributed by atoms with van der Waals surface area (Å²) in [5.41, 5.74) is 2.31. The van der Waals surface area contributed by atoms with Crippen LogP contribution < -0.4 is 20.9 Å².